The Morgan fingerprint density at radius 1 is 1.26 bits per heavy atom. The number of H-pyrrole nitrogens is 1. The maximum absolute atomic E-state index is 14.6. The summed E-state index contributed by atoms with van der Waals surface area (Å²) in [5.41, 5.74) is 4.52. The van der Waals surface area contributed by atoms with Gasteiger partial charge in [-0.15, -0.1) is 0 Å². The van der Waals surface area contributed by atoms with Crippen LogP contribution in [0.1, 0.15) is 54.7 Å². The number of halogens is 1. The lowest BCUT2D eigenvalue weighted by Crippen LogP contribution is -2.45. The molecule has 182 valence electrons. The lowest BCUT2D eigenvalue weighted by molar-refractivity contribution is -0.152. The van der Waals surface area contributed by atoms with E-state index in [0.29, 0.717) is 47.8 Å². The van der Waals surface area contributed by atoms with Crippen molar-refractivity contribution in [1.29, 1.82) is 0 Å². The molecule has 4 heterocycles. The molecular weight excluding hydrogens is 447 g/mol. The van der Waals surface area contributed by atoms with Crippen LogP contribution in [-0.4, -0.2) is 41.2 Å². The first-order valence-electron chi connectivity index (χ1n) is 12.2. The summed E-state index contributed by atoms with van der Waals surface area (Å²) < 4.78 is 26.5. The molecule has 1 aliphatic carbocycles. The van der Waals surface area contributed by atoms with Crippen molar-refractivity contribution in [1.82, 2.24) is 15.3 Å². The number of hydrogen-bond donors (Lipinski definition) is 3. The normalized spacial score (nSPS) is 21.7. The van der Waals surface area contributed by atoms with Gasteiger partial charge in [0.2, 0.25) is 0 Å². The first-order chi connectivity index (χ1) is 16.9. The number of aromatic amines is 1. The third kappa shape index (κ3) is 3.67. The number of amides is 1. The average Bonchev–Trinajstić information content (AvgIpc) is 3.52. The van der Waals surface area contributed by atoms with E-state index in [0.717, 1.165) is 42.8 Å². The highest BCUT2D eigenvalue weighted by Crippen LogP contribution is 2.54. The Morgan fingerprint density at radius 3 is 2.80 bits per heavy atom. The van der Waals surface area contributed by atoms with Crippen molar-refractivity contribution in [3.8, 4) is 17.0 Å². The minimum atomic E-state index is -0.307. The van der Waals surface area contributed by atoms with Crippen LogP contribution >= 0.6 is 0 Å². The van der Waals surface area contributed by atoms with E-state index < -0.39 is 0 Å². The number of hydrogen-bond acceptors (Lipinski definition) is 5. The Bertz CT molecular complexity index is 1310. The predicted molar refractivity (Wildman–Crippen MR) is 131 cm³/mol. The summed E-state index contributed by atoms with van der Waals surface area (Å²) in [5, 5.41) is 6.49. The second-order valence-electron chi connectivity index (χ2n) is 10.0. The highest BCUT2D eigenvalue weighted by molar-refractivity contribution is 6.07. The van der Waals surface area contributed by atoms with Crippen molar-refractivity contribution in [3.05, 3.63) is 59.3 Å². The fourth-order valence-electron chi connectivity index (χ4n) is 5.12. The van der Waals surface area contributed by atoms with Gasteiger partial charge in [0.25, 0.3) is 5.91 Å². The standard InChI is InChI=1S/C27H29FN4O3/c1-3-16-18(28)5-4-6-19(16)31-23-21-24(27(8-9-27)14-30-25(21)33)32-22(23)17-7-11-29-13-20(17)34-15-26(2)10-12-35-26/h4-7,11,13,31-32H,3,8-10,12,14-15H2,1-2H3,(H,30,33)/t26-/m0/s1. The number of nitrogens with zero attached hydrogens (tertiary/aromatic N) is 1. The second kappa shape index (κ2) is 8.09. The summed E-state index contributed by atoms with van der Waals surface area (Å²) in [5.74, 6) is 0.197. The highest BCUT2D eigenvalue weighted by atomic mass is 19.1. The quantitative estimate of drug-likeness (QED) is 0.454. The minimum Gasteiger partial charge on any atom is -0.488 e. The summed E-state index contributed by atoms with van der Waals surface area (Å²) in [6, 6.07) is 6.86. The number of fused-ring (bicyclic) bond motifs is 2. The second-order valence-corrected chi connectivity index (χ2v) is 10.0. The van der Waals surface area contributed by atoms with E-state index in [-0.39, 0.29) is 22.7 Å². The van der Waals surface area contributed by atoms with Crippen molar-refractivity contribution in [3.63, 3.8) is 0 Å². The summed E-state index contributed by atoms with van der Waals surface area (Å²) in [4.78, 5) is 21.0. The number of carbonyl (C=O) groups excluding carboxylic acids is 1. The lowest BCUT2D eigenvalue weighted by Gasteiger charge is -2.38. The van der Waals surface area contributed by atoms with Crippen molar-refractivity contribution in [2.75, 3.05) is 25.1 Å². The van der Waals surface area contributed by atoms with Gasteiger partial charge in [-0.05, 0) is 44.4 Å². The fraction of sp³-hybridized carbons (Fsp3) is 0.407. The molecule has 2 aliphatic heterocycles. The van der Waals surface area contributed by atoms with Crippen LogP contribution in [0, 0.1) is 5.82 Å². The van der Waals surface area contributed by atoms with Gasteiger partial charge < -0.3 is 25.1 Å². The molecule has 3 N–H and O–H groups in total. The van der Waals surface area contributed by atoms with Gasteiger partial charge in [-0.1, -0.05) is 13.0 Å². The summed E-state index contributed by atoms with van der Waals surface area (Å²) in [6.45, 7) is 5.71. The Labute approximate surface area is 203 Å². The Hall–Kier alpha value is -3.39. The van der Waals surface area contributed by atoms with Gasteiger partial charge in [0.15, 0.2) is 0 Å². The maximum Gasteiger partial charge on any atom is 0.255 e. The largest absolute Gasteiger partial charge is 0.488 e. The molecule has 1 saturated heterocycles. The minimum absolute atomic E-state index is 0.0747. The molecule has 1 spiro atoms. The third-order valence-corrected chi connectivity index (χ3v) is 7.60. The number of aromatic nitrogens is 2. The molecule has 2 aromatic heterocycles. The molecule has 0 radical (unpaired) electrons. The first-order valence-corrected chi connectivity index (χ1v) is 12.2. The molecule has 35 heavy (non-hydrogen) atoms. The molecule has 1 atom stereocenters. The molecule has 0 unspecified atom stereocenters. The van der Waals surface area contributed by atoms with E-state index in [1.54, 1.807) is 18.5 Å². The zero-order valence-electron chi connectivity index (χ0n) is 20.0. The SMILES string of the molecule is CCc1c(F)cccc1Nc1c(-c2ccncc2OC[C@]2(C)CCO2)[nH]c2c1C(=O)NCC21CC1. The Kier molecular flexibility index (Phi) is 5.11. The number of nitrogens with one attached hydrogen (secondary N) is 3. The predicted octanol–water partition coefficient (Wildman–Crippen LogP) is 4.85. The highest BCUT2D eigenvalue weighted by Gasteiger charge is 2.51. The van der Waals surface area contributed by atoms with Crippen LogP contribution in [-0.2, 0) is 16.6 Å². The summed E-state index contributed by atoms with van der Waals surface area (Å²) >= 11 is 0. The van der Waals surface area contributed by atoms with E-state index in [9.17, 15) is 9.18 Å². The molecule has 3 aliphatic rings. The Morgan fingerprint density at radius 2 is 2.09 bits per heavy atom. The summed E-state index contributed by atoms with van der Waals surface area (Å²) in [6.07, 6.45) is 6.88. The van der Waals surface area contributed by atoms with E-state index in [1.165, 1.54) is 6.07 Å². The van der Waals surface area contributed by atoms with Crippen molar-refractivity contribution >= 4 is 17.3 Å². The van der Waals surface area contributed by atoms with Crippen molar-refractivity contribution in [2.24, 2.45) is 0 Å². The zero-order chi connectivity index (χ0) is 24.2. The molecule has 3 aromatic rings. The van der Waals surface area contributed by atoms with Crippen LogP contribution in [0.5, 0.6) is 5.75 Å². The molecule has 8 heteroatoms. The van der Waals surface area contributed by atoms with Gasteiger partial charge in [-0.25, -0.2) is 4.39 Å². The molecular formula is C27H29FN4O3. The molecule has 0 bridgehead atoms. The van der Waals surface area contributed by atoms with E-state index in [4.69, 9.17) is 9.47 Å². The average molecular weight is 477 g/mol. The van der Waals surface area contributed by atoms with Gasteiger partial charge in [-0.2, -0.15) is 0 Å². The zero-order valence-corrected chi connectivity index (χ0v) is 20.0. The number of pyridine rings is 1. The molecule has 7 nitrogen and oxygen atoms in total. The molecule has 1 amide bonds. The van der Waals surface area contributed by atoms with E-state index in [1.807, 2.05) is 26.0 Å². The van der Waals surface area contributed by atoms with Crippen molar-refractivity contribution in [2.45, 2.75) is 50.5 Å². The Balaban J connectivity index is 1.48. The van der Waals surface area contributed by atoms with Crippen LogP contribution in [0.4, 0.5) is 15.8 Å². The van der Waals surface area contributed by atoms with Gasteiger partial charge in [-0.3, -0.25) is 9.78 Å². The fourth-order valence-corrected chi connectivity index (χ4v) is 5.12. The van der Waals surface area contributed by atoms with Crippen LogP contribution in [0.15, 0.2) is 36.7 Å². The van der Waals surface area contributed by atoms with E-state index >= 15 is 0 Å². The van der Waals surface area contributed by atoms with Crippen LogP contribution in [0.2, 0.25) is 0 Å². The van der Waals surface area contributed by atoms with Gasteiger partial charge >= 0.3 is 0 Å². The molecule has 2 fully saturated rings. The van der Waals surface area contributed by atoms with Gasteiger partial charge in [0, 0.05) is 47.1 Å². The maximum atomic E-state index is 14.6. The number of carbonyl (C=O) groups is 1. The van der Waals surface area contributed by atoms with Crippen LogP contribution in [0.25, 0.3) is 11.3 Å². The number of anilines is 2. The van der Waals surface area contributed by atoms with Crippen molar-refractivity contribution < 1.29 is 18.7 Å². The van der Waals surface area contributed by atoms with Gasteiger partial charge in [0.1, 0.15) is 23.8 Å². The summed E-state index contributed by atoms with van der Waals surface area (Å²) in [7, 11) is 0. The van der Waals surface area contributed by atoms with E-state index in [2.05, 4.69) is 20.6 Å². The van der Waals surface area contributed by atoms with Gasteiger partial charge in [0.05, 0.1) is 29.7 Å². The molecule has 6 rings (SSSR count). The molecule has 1 saturated carbocycles. The molecule has 1 aromatic carbocycles. The number of ether oxygens (including phenoxy) is 2. The first kappa shape index (κ1) is 22.1. The van der Waals surface area contributed by atoms with Crippen LogP contribution in [0.3, 0.4) is 0 Å². The number of rotatable bonds is 7. The monoisotopic (exact) mass is 476 g/mol. The topological polar surface area (TPSA) is 88.3 Å². The lowest BCUT2D eigenvalue weighted by atomic mass is 9.93. The van der Waals surface area contributed by atoms with Crippen LogP contribution < -0.4 is 15.4 Å². The number of benzene rings is 1. The smallest absolute Gasteiger partial charge is 0.255 e. The third-order valence-electron chi connectivity index (χ3n) is 7.60.